The van der Waals surface area contributed by atoms with Gasteiger partial charge in [0, 0.05) is 156 Å². The molecular weight excluding hydrogens is 1780 g/mol. The standard InChI is InChI=1S/C15H26N2O2.3C14H24N2O2.3C13H22N2O2.C12H20N2O2/c1-6-17(7-2)12-11(13(18)14(12)19)16-10-8-9-15(3,4)5;1-14(2,3)8-7-9-16(6)11-10(15(4)5)12(17)13(11)18;1-6-16(5)11-10(12(17)13(11)18)15-9-7-8-14(2,3)4;1-6-15-10-11(13(18)12(10)17)16(5)9-7-8-14(2,3)4;1-13(2,3)7-6-8-14-9-10(15(4)5)12(17)11(9)16;1-13(2,3)7-6-8-15(5)10-9(14-4)11(16)12(10)17;1-5-14-9-10(12(17)11(9)16)15-8-6-7-13(2,3)4;1-12(2,3)6-5-7-14-9-8(13-4)10(15)11(9)16/h16H,6-10H2,1-5H3;7-9H2,1-6H3;2*15H,6-9H2,1-5H3;2*14H,6-8H2,1-5H3;14-15H,5-8H2,1-4H3;13-14H,5-7H2,1-4H3. The molecule has 0 atom stereocenters. The van der Waals surface area contributed by atoms with Crippen molar-refractivity contribution >= 4 is 91.0 Å². The molecule has 0 heterocycles. The van der Waals surface area contributed by atoms with Crippen molar-refractivity contribution in [3.05, 3.63) is 164 Å². The van der Waals surface area contributed by atoms with Crippen LogP contribution in [0.15, 0.2) is 76.7 Å². The Balaban J connectivity index is 0.000000800. The summed E-state index contributed by atoms with van der Waals surface area (Å²) in [5.41, 5.74) is 4.43. The number of hydrogen-bond acceptors (Lipinski definition) is 32. The van der Waals surface area contributed by atoms with Gasteiger partial charge in [0.25, 0.3) is 86.9 Å². The lowest BCUT2D eigenvalue weighted by Crippen LogP contribution is -2.43. The van der Waals surface area contributed by atoms with E-state index in [0.717, 1.165) is 175 Å². The summed E-state index contributed by atoms with van der Waals surface area (Å²) in [4.78, 5) is 195. The number of nitrogens with zero attached hydrogens (tertiary/aromatic N) is 7. The first-order chi connectivity index (χ1) is 64.3. The molecule has 140 heavy (non-hydrogen) atoms. The molecule has 0 bridgehead atoms. The molecular formula is C108H184N16O16. The van der Waals surface area contributed by atoms with Crippen LogP contribution in [0.1, 0.15) is 304 Å². The third kappa shape index (κ3) is 41.2. The van der Waals surface area contributed by atoms with E-state index in [9.17, 15) is 76.7 Å². The van der Waals surface area contributed by atoms with Crippen LogP contribution in [-0.2, 0) is 0 Å². The van der Waals surface area contributed by atoms with Crippen molar-refractivity contribution in [1.82, 2.24) is 0 Å². The highest BCUT2D eigenvalue weighted by molar-refractivity contribution is 5.80. The van der Waals surface area contributed by atoms with E-state index in [0.29, 0.717) is 147 Å². The predicted molar refractivity (Wildman–Crippen MR) is 601 cm³/mol. The summed E-state index contributed by atoms with van der Waals surface area (Å²) in [6.07, 6.45) is 16.8. The highest BCUT2D eigenvalue weighted by Crippen LogP contribution is 2.32. The molecule has 32 heteroatoms. The Labute approximate surface area is 834 Å². The van der Waals surface area contributed by atoms with E-state index in [1.54, 1.807) is 52.1 Å². The minimum Gasteiger partial charge on any atom is -0.383 e. The van der Waals surface area contributed by atoms with Crippen LogP contribution >= 0.6 is 0 Å². The number of nitrogens with one attached hydrogen (secondary N) is 9. The lowest BCUT2D eigenvalue weighted by molar-refractivity contribution is 0.367. The minimum atomic E-state index is -0.416. The molecule has 0 unspecified atom stereocenters. The molecule has 8 aromatic carbocycles. The Morgan fingerprint density at radius 1 is 0.193 bits per heavy atom. The smallest absolute Gasteiger partial charge is 0.253 e. The van der Waals surface area contributed by atoms with Gasteiger partial charge in [-0.05, 0) is 181 Å². The van der Waals surface area contributed by atoms with Crippen LogP contribution in [0, 0.1) is 43.3 Å². The van der Waals surface area contributed by atoms with Gasteiger partial charge in [-0.3, -0.25) is 76.7 Å². The molecule has 0 spiro atoms. The summed E-state index contributed by atoms with van der Waals surface area (Å²) < 4.78 is 0. The molecule has 0 aliphatic carbocycles. The topological polar surface area (TPSA) is 404 Å². The zero-order valence-electron chi connectivity index (χ0n) is 93.7. The van der Waals surface area contributed by atoms with Crippen molar-refractivity contribution in [2.24, 2.45) is 43.3 Å². The zero-order valence-corrected chi connectivity index (χ0v) is 93.7. The predicted octanol–water partition coefficient (Wildman–Crippen LogP) is 14.6. The van der Waals surface area contributed by atoms with Crippen molar-refractivity contribution < 1.29 is 0 Å². The number of rotatable bonds is 45. The summed E-state index contributed by atoms with van der Waals surface area (Å²) in [6, 6.07) is 0. The lowest BCUT2D eigenvalue weighted by atomic mass is 9.90. The first-order valence-corrected chi connectivity index (χ1v) is 50.4. The van der Waals surface area contributed by atoms with Crippen molar-refractivity contribution in [1.29, 1.82) is 0 Å². The molecule has 0 aliphatic rings. The molecule has 0 saturated heterocycles. The van der Waals surface area contributed by atoms with Gasteiger partial charge in [0.15, 0.2) is 0 Å². The molecule has 9 N–H and O–H groups in total. The summed E-state index contributed by atoms with van der Waals surface area (Å²) >= 11 is 0. The monoisotopic (exact) mass is 1960 g/mol. The van der Waals surface area contributed by atoms with Crippen molar-refractivity contribution in [3.63, 3.8) is 0 Å². The van der Waals surface area contributed by atoms with E-state index < -0.39 is 27.1 Å². The first kappa shape index (κ1) is 127. The van der Waals surface area contributed by atoms with Crippen LogP contribution in [0.4, 0.5) is 91.0 Å². The summed E-state index contributed by atoms with van der Waals surface area (Å²) in [6.45, 7) is 72.1. The Kier molecular flexibility index (Phi) is 51.3. The van der Waals surface area contributed by atoms with Gasteiger partial charge in [-0.15, -0.1) is 0 Å². The minimum absolute atomic E-state index is 0.303. The fourth-order valence-corrected chi connectivity index (χ4v) is 15.4. The van der Waals surface area contributed by atoms with Gasteiger partial charge in [0.1, 0.15) is 91.0 Å². The van der Waals surface area contributed by atoms with Crippen LogP contribution in [0.3, 0.4) is 0 Å². The van der Waals surface area contributed by atoms with Gasteiger partial charge in [0.05, 0.1) is 0 Å². The Morgan fingerprint density at radius 3 is 0.664 bits per heavy atom. The van der Waals surface area contributed by atoms with Gasteiger partial charge in [0.2, 0.25) is 0 Å². The normalized spacial score (nSPS) is 11.8. The maximum absolute atomic E-state index is 11.6. The Morgan fingerprint density at radius 2 is 0.386 bits per heavy atom. The van der Waals surface area contributed by atoms with E-state index in [4.69, 9.17) is 0 Å². The van der Waals surface area contributed by atoms with Crippen molar-refractivity contribution in [3.8, 4) is 0 Å². The van der Waals surface area contributed by atoms with Gasteiger partial charge >= 0.3 is 0 Å². The van der Waals surface area contributed by atoms with E-state index >= 15 is 0 Å². The SMILES string of the molecule is CCN(C)c1c(NCCCC(C)(C)C)c(=O)c1=O.CCN(CC)c1c(NCCCC(C)(C)C)c(=O)c1=O.CCNc1c(N(C)CCCC(C)(C)C)c(=O)c1=O.CCNc1c(NCCCC(C)(C)C)c(=O)c1=O.CN(C)c1c(N(C)CCCC(C)(C)C)c(=O)c1=O.CN(C)c1c(NCCCC(C)(C)C)c(=O)c1=O.CNc1c(N(C)CCCC(C)(C)C)c(=O)c1=O.CNc1c(NCCCC(C)(C)C)c(=O)c1=O. The maximum atomic E-state index is 11.6. The quantitative estimate of drug-likeness (QED) is 0.0126. The third-order valence-electron chi connectivity index (χ3n) is 23.6. The molecule has 792 valence electrons. The third-order valence-corrected chi connectivity index (χ3v) is 23.6. The van der Waals surface area contributed by atoms with Crippen LogP contribution < -0.4 is 169 Å². The first-order valence-electron chi connectivity index (χ1n) is 50.4. The van der Waals surface area contributed by atoms with Crippen LogP contribution in [0.2, 0.25) is 0 Å². The van der Waals surface area contributed by atoms with E-state index in [-0.39, 0.29) is 59.7 Å². The molecule has 0 aromatic heterocycles. The summed E-state index contributed by atoms with van der Waals surface area (Å²) in [5.74, 6) is 0. The van der Waals surface area contributed by atoms with E-state index in [2.05, 4.69) is 214 Å². The van der Waals surface area contributed by atoms with Crippen LogP contribution in [0.25, 0.3) is 0 Å². The highest BCUT2D eigenvalue weighted by atomic mass is 16.2. The zero-order chi connectivity index (χ0) is 108. The molecule has 0 saturated carbocycles. The fraction of sp³-hybridized carbons (Fsp3) is 0.704. The van der Waals surface area contributed by atoms with Crippen LogP contribution in [0.5, 0.6) is 0 Å². The maximum Gasteiger partial charge on any atom is 0.253 e. The van der Waals surface area contributed by atoms with E-state index in [1.807, 2.05) is 87.3 Å². The molecule has 8 rings (SSSR count). The molecule has 0 amide bonds. The number of hydrogen-bond donors (Lipinski definition) is 9. The molecule has 0 radical (unpaired) electrons. The second kappa shape index (κ2) is 56.3. The Bertz CT molecular complexity index is 5740. The van der Waals surface area contributed by atoms with Gasteiger partial charge in [-0.2, -0.15) is 0 Å². The second-order valence-electron chi connectivity index (χ2n) is 46.8. The van der Waals surface area contributed by atoms with Gasteiger partial charge in [-0.25, -0.2) is 0 Å². The fourth-order valence-electron chi connectivity index (χ4n) is 15.4. The highest BCUT2D eigenvalue weighted by Gasteiger charge is 2.32. The van der Waals surface area contributed by atoms with Gasteiger partial charge < -0.3 is 82.2 Å². The molecule has 0 aliphatic heterocycles. The van der Waals surface area contributed by atoms with E-state index in [1.165, 1.54) is 0 Å². The largest absolute Gasteiger partial charge is 0.383 e. The van der Waals surface area contributed by atoms with Crippen molar-refractivity contribution in [2.75, 3.05) is 238 Å². The van der Waals surface area contributed by atoms with Crippen LogP contribution in [-0.4, -0.2) is 156 Å². The average molecular weight is 1960 g/mol. The second-order valence-corrected chi connectivity index (χ2v) is 46.8. The lowest BCUT2D eigenvalue weighted by Gasteiger charge is -2.27. The molecule has 8 aromatic rings. The summed E-state index contributed by atoms with van der Waals surface area (Å²) in [5, 5.41) is 26.8. The molecule has 32 nitrogen and oxygen atoms in total. The number of anilines is 16. The van der Waals surface area contributed by atoms with Crippen molar-refractivity contribution in [2.45, 2.75) is 304 Å². The molecule has 0 fully saturated rings. The van der Waals surface area contributed by atoms with Gasteiger partial charge in [-0.1, -0.05) is 166 Å². The summed E-state index contributed by atoms with van der Waals surface area (Å²) in [7, 11) is 17.9. The Hall–Kier alpha value is -10.6. The average Bonchev–Trinajstić information content (AvgIpc) is 0.748.